The summed E-state index contributed by atoms with van der Waals surface area (Å²) in [7, 11) is 0. The van der Waals surface area contributed by atoms with Crippen molar-refractivity contribution in [2.24, 2.45) is 0 Å². The number of unbranched alkanes of at least 4 members (excludes halogenated alkanes) is 2. The fourth-order valence-electron chi connectivity index (χ4n) is 5.25. The van der Waals surface area contributed by atoms with Gasteiger partial charge in [0.15, 0.2) is 10.9 Å². The number of anilines is 1. The Hall–Kier alpha value is -3.60. The van der Waals surface area contributed by atoms with Gasteiger partial charge in [-0.3, -0.25) is 9.59 Å². The highest BCUT2D eigenvalue weighted by Crippen LogP contribution is 2.30. The summed E-state index contributed by atoms with van der Waals surface area (Å²) in [6, 6.07) is 15.4. The summed E-state index contributed by atoms with van der Waals surface area (Å²) in [5.74, 6) is 0. The Morgan fingerprint density at radius 2 is 1.31 bits per heavy atom. The molecule has 0 aliphatic carbocycles. The zero-order chi connectivity index (χ0) is 24.5. The molecule has 3 aromatic carbocycles. The van der Waals surface area contributed by atoms with Crippen molar-refractivity contribution >= 4 is 49.3 Å². The number of para-hydroxylation sites is 1. The average molecular weight is 468 g/mol. The van der Waals surface area contributed by atoms with Gasteiger partial charge in [-0.05, 0) is 61.2 Å². The maximum atomic E-state index is 13.9. The van der Waals surface area contributed by atoms with Gasteiger partial charge >= 0.3 is 0 Å². The van der Waals surface area contributed by atoms with Gasteiger partial charge in [-0.25, -0.2) is 0 Å². The largest absolute Gasteiger partial charge is 0.371 e. The van der Waals surface area contributed by atoms with E-state index in [2.05, 4.69) is 41.7 Å². The quantitative estimate of drug-likeness (QED) is 0.251. The summed E-state index contributed by atoms with van der Waals surface area (Å²) in [4.78, 5) is 36.4. The van der Waals surface area contributed by atoms with Crippen molar-refractivity contribution in [3.8, 4) is 0 Å². The molecule has 5 aromatic rings. The molecule has 2 N–H and O–H groups in total. The molecular formula is C30H33N3O2. The number of pyridine rings is 2. The summed E-state index contributed by atoms with van der Waals surface area (Å²) < 4.78 is 0. The third-order valence-electron chi connectivity index (χ3n) is 7.13. The van der Waals surface area contributed by atoms with E-state index in [1.54, 1.807) is 0 Å². The molecule has 0 saturated heterocycles. The first-order valence-electron chi connectivity index (χ1n) is 12.9. The first kappa shape index (κ1) is 23.2. The van der Waals surface area contributed by atoms with Crippen molar-refractivity contribution in [1.82, 2.24) is 9.97 Å². The number of hydrogen-bond donors (Lipinski definition) is 2. The molecule has 0 bridgehead atoms. The van der Waals surface area contributed by atoms with Crippen molar-refractivity contribution in [1.29, 1.82) is 0 Å². The van der Waals surface area contributed by atoms with Crippen LogP contribution in [-0.4, -0.2) is 23.1 Å². The highest BCUT2D eigenvalue weighted by atomic mass is 16.1. The van der Waals surface area contributed by atoms with Crippen LogP contribution in [0, 0.1) is 0 Å². The topological polar surface area (TPSA) is 69.0 Å². The molecule has 0 atom stereocenters. The van der Waals surface area contributed by atoms with Crippen molar-refractivity contribution in [3.05, 3.63) is 74.5 Å². The van der Waals surface area contributed by atoms with Crippen molar-refractivity contribution < 1.29 is 0 Å². The second-order valence-electron chi connectivity index (χ2n) is 9.43. The normalized spacial score (nSPS) is 11.7. The summed E-state index contributed by atoms with van der Waals surface area (Å²) >= 11 is 0. The number of H-pyrrole nitrogens is 2. The molecule has 2 aromatic heterocycles. The van der Waals surface area contributed by atoms with Gasteiger partial charge in [-0.15, -0.1) is 0 Å². The number of hydrogen-bond acceptors (Lipinski definition) is 3. The van der Waals surface area contributed by atoms with E-state index < -0.39 is 0 Å². The smallest absolute Gasteiger partial charge is 0.197 e. The molecular weight excluding hydrogens is 434 g/mol. The maximum Gasteiger partial charge on any atom is 0.197 e. The summed E-state index contributed by atoms with van der Waals surface area (Å²) in [6.07, 6.45) is 5.33. The van der Waals surface area contributed by atoms with Crippen LogP contribution in [-0.2, 0) is 6.42 Å². The first-order chi connectivity index (χ1) is 17.1. The van der Waals surface area contributed by atoms with Crippen molar-refractivity contribution in [3.63, 3.8) is 0 Å². The molecule has 180 valence electrons. The zero-order valence-corrected chi connectivity index (χ0v) is 20.8. The van der Waals surface area contributed by atoms with Gasteiger partial charge in [0.2, 0.25) is 0 Å². The van der Waals surface area contributed by atoms with Gasteiger partial charge in [-0.2, -0.15) is 0 Å². The van der Waals surface area contributed by atoms with Crippen LogP contribution in [0.15, 0.2) is 58.1 Å². The van der Waals surface area contributed by atoms with Crippen LogP contribution in [0.1, 0.15) is 52.0 Å². The SMILES string of the molecule is CCCCN(CCCC)c1ccc2[nH]c3cc4c(=O)c5ccccc5[nH]c4cc3c(=O)c2c1CC. The van der Waals surface area contributed by atoms with Crippen LogP contribution < -0.4 is 15.8 Å². The summed E-state index contributed by atoms with van der Waals surface area (Å²) in [6.45, 7) is 8.56. The molecule has 2 heterocycles. The number of benzene rings is 3. The van der Waals surface area contributed by atoms with Crippen LogP contribution in [0.2, 0.25) is 0 Å². The number of nitrogens with zero attached hydrogens (tertiary/aromatic N) is 1. The van der Waals surface area contributed by atoms with E-state index in [1.807, 2.05) is 42.5 Å². The number of aryl methyl sites for hydroxylation is 1. The lowest BCUT2D eigenvalue weighted by atomic mass is 9.99. The molecule has 35 heavy (non-hydrogen) atoms. The Balaban J connectivity index is 1.78. The van der Waals surface area contributed by atoms with E-state index in [4.69, 9.17) is 0 Å². The number of rotatable bonds is 8. The minimum Gasteiger partial charge on any atom is -0.371 e. The maximum absolute atomic E-state index is 13.9. The number of aromatic nitrogens is 2. The van der Waals surface area contributed by atoms with Gasteiger partial charge in [0.1, 0.15) is 0 Å². The molecule has 0 spiro atoms. The molecule has 0 radical (unpaired) electrons. The second kappa shape index (κ2) is 9.57. The van der Waals surface area contributed by atoms with E-state index in [9.17, 15) is 9.59 Å². The standard InChI is InChI=1S/C30H33N3O2/c1-4-7-15-33(16-8-5-2)27-14-13-24-28(19(27)6-3)30(35)22-18-25-21(17-26(22)32-24)29(34)20-11-9-10-12-23(20)31-25/h9-14,17-18H,4-8,15-16H2,1-3H3,(H,31,34)(H,32,35). The Morgan fingerprint density at radius 1 is 0.686 bits per heavy atom. The molecule has 5 rings (SSSR count). The first-order valence-corrected chi connectivity index (χ1v) is 12.9. The van der Waals surface area contributed by atoms with E-state index in [1.165, 1.54) is 5.69 Å². The Labute approximate surface area is 204 Å². The zero-order valence-electron chi connectivity index (χ0n) is 20.8. The molecule has 0 aliphatic heterocycles. The van der Waals surface area contributed by atoms with E-state index in [0.29, 0.717) is 27.2 Å². The summed E-state index contributed by atoms with van der Waals surface area (Å²) in [5.41, 5.74) is 5.26. The monoisotopic (exact) mass is 467 g/mol. The van der Waals surface area contributed by atoms with Crippen LogP contribution >= 0.6 is 0 Å². The van der Waals surface area contributed by atoms with Gasteiger partial charge in [0.25, 0.3) is 0 Å². The molecule has 5 heteroatoms. The minimum atomic E-state index is -0.0238. The van der Waals surface area contributed by atoms with E-state index in [-0.39, 0.29) is 10.9 Å². The fraction of sp³-hybridized carbons (Fsp3) is 0.333. The Kier molecular flexibility index (Phi) is 6.33. The lowest BCUT2D eigenvalue weighted by Gasteiger charge is -2.28. The lowest BCUT2D eigenvalue weighted by Crippen LogP contribution is -2.27. The second-order valence-corrected chi connectivity index (χ2v) is 9.43. The number of nitrogens with one attached hydrogen (secondary N) is 2. The summed E-state index contributed by atoms with van der Waals surface area (Å²) in [5, 5.41) is 2.61. The number of aromatic amines is 2. The number of fused-ring (bicyclic) bond motifs is 4. The predicted molar refractivity (Wildman–Crippen MR) is 149 cm³/mol. The van der Waals surface area contributed by atoms with Crippen LogP contribution in [0.3, 0.4) is 0 Å². The fourth-order valence-corrected chi connectivity index (χ4v) is 5.25. The molecule has 0 amide bonds. The molecule has 0 aliphatic rings. The Morgan fingerprint density at radius 3 is 1.97 bits per heavy atom. The highest BCUT2D eigenvalue weighted by Gasteiger charge is 2.17. The van der Waals surface area contributed by atoms with Crippen molar-refractivity contribution in [2.75, 3.05) is 18.0 Å². The minimum absolute atomic E-state index is 0.0225. The van der Waals surface area contributed by atoms with Gasteiger partial charge in [0.05, 0.1) is 21.9 Å². The van der Waals surface area contributed by atoms with E-state index >= 15 is 0 Å². The highest BCUT2D eigenvalue weighted by molar-refractivity contribution is 6.03. The molecule has 0 unspecified atom stereocenters. The van der Waals surface area contributed by atoms with Crippen LogP contribution in [0.5, 0.6) is 0 Å². The third kappa shape index (κ3) is 3.99. The van der Waals surface area contributed by atoms with E-state index in [0.717, 1.165) is 67.2 Å². The molecule has 0 saturated carbocycles. The van der Waals surface area contributed by atoms with Gasteiger partial charge in [0, 0.05) is 40.5 Å². The van der Waals surface area contributed by atoms with Crippen molar-refractivity contribution in [2.45, 2.75) is 52.9 Å². The molecule has 5 nitrogen and oxygen atoms in total. The predicted octanol–water partition coefficient (Wildman–Crippen LogP) is 6.65. The average Bonchev–Trinajstić information content (AvgIpc) is 2.88. The molecule has 0 fully saturated rings. The van der Waals surface area contributed by atoms with Crippen LogP contribution in [0.25, 0.3) is 43.6 Å². The van der Waals surface area contributed by atoms with Crippen LogP contribution in [0.4, 0.5) is 5.69 Å². The van der Waals surface area contributed by atoms with Gasteiger partial charge < -0.3 is 14.9 Å². The van der Waals surface area contributed by atoms with Gasteiger partial charge in [-0.1, -0.05) is 45.7 Å². The lowest BCUT2D eigenvalue weighted by molar-refractivity contribution is 0.676. The third-order valence-corrected chi connectivity index (χ3v) is 7.13. The Bertz CT molecular complexity index is 1650.